The Balaban J connectivity index is 1.48. The summed E-state index contributed by atoms with van der Waals surface area (Å²) in [5, 5.41) is 18.6. The van der Waals surface area contributed by atoms with Gasteiger partial charge in [-0.3, -0.25) is 10.1 Å². The Hall–Kier alpha value is -3.17. The first-order valence-corrected chi connectivity index (χ1v) is 12.3. The molecule has 0 radical (unpaired) electrons. The summed E-state index contributed by atoms with van der Waals surface area (Å²) in [5.41, 5.74) is 2.06. The van der Waals surface area contributed by atoms with Crippen molar-refractivity contribution in [2.75, 3.05) is 10.6 Å². The van der Waals surface area contributed by atoms with Crippen LogP contribution in [-0.2, 0) is 11.2 Å². The van der Waals surface area contributed by atoms with Crippen LogP contribution in [0.4, 0.5) is 15.6 Å². The lowest BCUT2D eigenvalue weighted by molar-refractivity contribution is -0.117. The maximum absolute atomic E-state index is 13.1. The van der Waals surface area contributed by atoms with Crippen LogP contribution in [-0.4, -0.2) is 28.2 Å². The average Bonchev–Trinajstić information content (AvgIpc) is 3.30. The van der Waals surface area contributed by atoms with Gasteiger partial charge in [0.1, 0.15) is 11.0 Å². The van der Waals surface area contributed by atoms with Crippen molar-refractivity contribution in [1.82, 2.24) is 15.5 Å². The molecule has 1 heterocycles. The largest absolute Gasteiger partial charge is 0.326 e. The predicted octanol–water partition coefficient (Wildman–Crippen LogP) is 6.54. The van der Waals surface area contributed by atoms with Crippen molar-refractivity contribution in [2.24, 2.45) is 0 Å². The van der Waals surface area contributed by atoms with Gasteiger partial charge in [-0.2, -0.15) is 0 Å². The summed E-state index contributed by atoms with van der Waals surface area (Å²) >= 11 is 19.2. The highest BCUT2D eigenvalue weighted by molar-refractivity contribution is 7.18. The van der Waals surface area contributed by atoms with E-state index in [9.17, 15) is 9.59 Å². The van der Waals surface area contributed by atoms with Gasteiger partial charge in [0.15, 0.2) is 0 Å². The molecule has 11 heteroatoms. The predicted molar refractivity (Wildman–Crippen MR) is 142 cm³/mol. The molecular weight excluding hydrogens is 529 g/mol. The minimum Gasteiger partial charge on any atom is -0.326 e. The number of hydrogen-bond donors (Lipinski definition) is 3. The van der Waals surface area contributed by atoms with Crippen LogP contribution in [0.5, 0.6) is 0 Å². The van der Waals surface area contributed by atoms with Crippen molar-refractivity contribution in [3.8, 4) is 10.6 Å². The smallest absolute Gasteiger partial charge is 0.319 e. The summed E-state index contributed by atoms with van der Waals surface area (Å²) in [6, 6.07) is 19.7. The number of aromatic nitrogens is 2. The van der Waals surface area contributed by atoms with Gasteiger partial charge in [0.05, 0.1) is 10.7 Å². The molecule has 4 rings (SSSR count). The number of amides is 3. The molecule has 0 aliphatic heterocycles. The first-order valence-electron chi connectivity index (χ1n) is 10.3. The average molecular weight is 547 g/mol. The maximum atomic E-state index is 13.1. The maximum Gasteiger partial charge on any atom is 0.319 e. The molecule has 3 N–H and O–H groups in total. The van der Waals surface area contributed by atoms with Gasteiger partial charge in [-0.15, -0.1) is 10.2 Å². The second kappa shape index (κ2) is 11.5. The zero-order valence-corrected chi connectivity index (χ0v) is 21.1. The molecule has 1 aromatic heterocycles. The van der Waals surface area contributed by atoms with E-state index in [-0.39, 0.29) is 11.4 Å². The second-order valence-corrected chi connectivity index (χ2v) is 9.63. The summed E-state index contributed by atoms with van der Waals surface area (Å²) < 4.78 is 0. The fourth-order valence-corrected chi connectivity index (χ4v) is 4.48. The van der Waals surface area contributed by atoms with Crippen LogP contribution in [0.25, 0.3) is 10.6 Å². The van der Waals surface area contributed by atoms with Crippen LogP contribution < -0.4 is 16.0 Å². The number of hydrogen-bond acceptors (Lipinski definition) is 5. The molecule has 7 nitrogen and oxygen atoms in total. The molecule has 178 valence electrons. The van der Waals surface area contributed by atoms with Gasteiger partial charge in [-0.1, -0.05) is 88.6 Å². The van der Waals surface area contributed by atoms with Crippen LogP contribution in [0, 0.1) is 0 Å². The van der Waals surface area contributed by atoms with Gasteiger partial charge < -0.3 is 10.6 Å². The van der Waals surface area contributed by atoms with Crippen molar-refractivity contribution in [3.63, 3.8) is 0 Å². The number of nitrogens with one attached hydrogen (secondary N) is 3. The number of benzene rings is 3. The Morgan fingerprint density at radius 1 is 0.857 bits per heavy atom. The highest BCUT2D eigenvalue weighted by Gasteiger charge is 2.23. The van der Waals surface area contributed by atoms with E-state index in [1.807, 2.05) is 42.5 Å². The van der Waals surface area contributed by atoms with E-state index in [0.29, 0.717) is 25.9 Å². The van der Waals surface area contributed by atoms with Gasteiger partial charge >= 0.3 is 6.03 Å². The van der Waals surface area contributed by atoms with Crippen molar-refractivity contribution in [3.05, 3.63) is 93.4 Å². The summed E-state index contributed by atoms with van der Waals surface area (Å²) in [7, 11) is 0. The van der Waals surface area contributed by atoms with Crippen molar-refractivity contribution < 1.29 is 9.59 Å². The fraction of sp³-hybridized carbons (Fsp3) is 0.0833. The molecule has 0 spiro atoms. The molecule has 1 unspecified atom stereocenters. The van der Waals surface area contributed by atoms with E-state index < -0.39 is 18.0 Å². The molecule has 4 aromatic rings. The van der Waals surface area contributed by atoms with Gasteiger partial charge in [0, 0.05) is 22.0 Å². The molecule has 0 aliphatic carbocycles. The normalized spacial score (nSPS) is 11.5. The Bertz CT molecular complexity index is 1330. The number of anilines is 2. The molecule has 0 aliphatic rings. The van der Waals surface area contributed by atoms with Crippen LogP contribution >= 0.6 is 46.1 Å². The molecule has 0 bridgehead atoms. The van der Waals surface area contributed by atoms with Crippen molar-refractivity contribution >= 4 is 68.9 Å². The summed E-state index contributed by atoms with van der Waals surface area (Å²) in [4.78, 5) is 25.8. The lowest BCUT2D eigenvalue weighted by Crippen LogP contribution is -2.47. The van der Waals surface area contributed by atoms with E-state index in [0.717, 1.165) is 11.1 Å². The zero-order chi connectivity index (χ0) is 24.8. The Kier molecular flexibility index (Phi) is 8.20. The van der Waals surface area contributed by atoms with Crippen LogP contribution in [0.15, 0.2) is 72.8 Å². The first kappa shape index (κ1) is 24.9. The number of halogens is 3. The van der Waals surface area contributed by atoms with E-state index >= 15 is 0 Å². The molecular formula is C24H18Cl3N5O2S. The van der Waals surface area contributed by atoms with E-state index in [1.54, 1.807) is 24.3 Å². The van der Waals surface area contributed by atoms with E-state index in [1.165, 1.54) is 17.4 Å². The molecule has 0 fully saturated rings. The molecule has 3 amide bonds. The lowest BCUT2D eigenvalue weighted by atomic mass is 10.1. The Morgan fingerprint density at radius 3 is 2.29 bits per heavy atom. The third-order valence-corrected chi connectivity index (χ3v) is 6.52. The van der Waals surface area contributed by atoms with Crippen molar-refractivity contribution in [2.45, 2.75) is 12.5 Å². The molecule has 0 saturated heterocycles. The van der Waals surface area contributed by atoms with Crippen LogP contribution in [0.1, 0.15) is 5.56 Å². The quantitative estimate of drug-likeness (QED) is 0.245. The third-order valence-electron chi connectivity index (χ3n) is 4.83. The minimum absolute atomic E-state index is 0.261. The van der Waals surface area contributed by atoms with E-state index in [2.05, 4.69) is 26.1 Å². The zero-order valence-electron chi connectivity index (χ0n) is 18.0. The van der Waals surface area contributed by atoms with Gasteiger partial charge in [-0.05, 0) is 35.9 Å². The second-order valence-electron chi connectivity index (χ2n) is 7.37. The summed E-state index contributed by atoms with van der Waals surface area (Å²) in [5.74, 6) is -0.440. The highest BCUT2D eigenvalue weighted by atomic mass is 35.5. The first-order chi connectivity index (χ1) is 16.9. The standard InChI is InChI=1S/C24H18Cl3N5O2S/c25-16-8-6-15(7-9-16)22-31-32-24(35-22)30-21(33)20(12-14-4-2-1-3-5-14)29-23(34)28-19-11-10-17(26)13-18(19)27/h1-11,13,20H,12H2,(H2,28,29,34)(H,30,32,33). The highest BCUT2D eigenvalue weighted by Crippen LogP contribution is 2.28. The van der Waals surface area contributed by atoms with Gasteiger partial charge in [0.25, 0.3) is 0 Å². The third kappa shape index (κ3) is 6.93. The Morgan fingerprint density at radius 2 is 1.57 bits per heavy atom. The summed E-state index contributed by atoms with van der Waals surface area (Å²) in [6.45, 7) is 0. The number of carbonyl (C=O) groups is 2. The number of urea groups is 1. The minimum atomic E-state index is -0.897. The Labute approximate surface area is 220 Å². The molecule has 3 aromatic carbocycles. The summed E-state index contributed by atoms with van der Waals surface area (Å²) in [6.07, 6.45) is 0.261. The number of nitrogens with zero attached hydrogens (tertiary/aromatic N) is 2. The lowest BCUT2D eigenvalue weighted by Gasteiger charge is -2.18. The van der Waals surface area contributed by atoms with Crippen LogP contribution in [0.2, 0.25) is 15.1 Å². The SMILES string of the molecule is O=C(Nc1ccc(Cl)cc1Cl)NC(Cc1ccccc1)C(=O)Nc1nnc(-c2ccc(Cl)cc2)s1. The van der Waals surface area contributed by atoms with Crippen LogP contribution in [0.3, 0.4) is 0 Å². The monoisotopic (exact) mass is 545 g/mol. The van der Waals surface area contributed by atoms with Gasteiger partial charge in [0.2, 0.25) is 11.0 Å². The molecule has 1 atom stereocenters. The number of rotatable bonds is 7. The topological polar surface area (TPSA) is 96.0 Å². The number of carbonyl (C=O) groups excluding carboxylic acids is 2. The molecule has 35 heavy (non-hydrogen) atoms. The molecule has 0 saturated carbocycles. The van der Waals surface area contributed by atoms with Crippen molar-refractivity contribution in [1.29, 1.82) is 0 Å². The van der Waals surface area contributed by atoms with Gasteiger partial charge in [-0.25, -0.2) is 4.79 Å². The van der Waals surface area contributed by atoms with E-state index in [4.69, 9.17) is 34.8 Å². The fourth-order valence-electron chi connectivity index (χ4n) is 3.14.